The van der Waals surface area contributed by atoms with Crippen molar-refractivity contribution >= 4 is 11.8 Å². The first kappa shape index (κ1) is 23.0. The molecule has 162 valence electrons. The number of carbonyl (C=O) groups excluding carboxylic acids is 2. The fourth-order valence-corrected chi connectivity index (χ4v) is 2.55. The summed E-state index contributed by atoms with van der Waals surface area (Å²) in [5.74, 6) is -3.12. The van der Waals surface area contributed by atoms with Gasteiger partial charge >= 0.3 is 6.61 Å². The summed E-state index contributed by atoms with van der Waals surface area (Å²) in [7, 11) is 1.47. The molecule has 0 aliphatic rings. The first-order chi connectivity index (χ1) is 14.2. The molecule has 1 N–H and O–H groups in total. The van der Waals surface area contributed by atoms with Gasteiger partial charge in [-0.25, -0.2) is 8.78 Å². The standard InChI is InChI=1S/C20H20F4N2O4/c1-3-29-17-6-12(4-5-16(17)30-20(23)24)11-26(2)18(27)10-25-19(28)13-7-14(21)9-15(22)8-13/h4-9,20H,3,10-11H2,1-2H3,(H,25,28). The normalized spacial score (nSPS) is 10.6. The molecule has 0 aromatic heterocycles. The summed E-state index contributed by atoms with van der Waals surface area (Å²) in [5, 5.41) is 2.29. The van der Waals surface area contributed by atoms with Gasteiger partial charge < -0.3 is 19.7 Å². The first-order valence-electron chi connectivity index (χ1n) is 8.88. The minimum atomic E-state index is -3.01. The smallest absolute Gasteiger partial charge is 0.387 e. The van der Waals surface area contributed by atoms with Crippen LogP contribution in [0.25, 0.3) is 0 Å². The molecule has 2 rings (SSSR count). The lowest BCUT2D eigenvalue weighted by atomic mass is 10.2. The highest BCUT2D eigenvalue weighted by Gasteiger charge is 2.16. The van der Waals surface area contributed by atoms with E-state index in [1.807, 2.05) is 0 Å². The highest BCUT2D eigenvalue weighted by molar-refractivity contribution is 5.96. The van der Waals surface area contributed by atoms with E-state index in [0.29, 0.717) is 11.6 Å². The predicted octanol–water partition coefficient (Wildman–Crippen LogP) is 3.35. The molecule has 0 aliphatic carbocycles. The molecule has 2 aromatic rings. The van der Waals surface area contributed by atoms with Crippen LogP contribution < -0.4 is 14.8 Å². The molecule has 0 bridgehead atoms. The van der Waals surface area contributed by atoms with Crippen molar-refractivity contribution in [1.82, 2.24) is 10.2 Å². The summed E-state index contributed by atoms with van der Waals surface area (Å²) in [6.07, 6.45) is 0. The third kappa shape index (κ3) is 6.64. The van der Waals surface area contributed by atoms with Crippen LogP contribution in [0.4, 0.5) is 17.6 Å². The highest BCUT2D eigenvalue weighted by atomic mass is 19.3. The molecule has 6 nitrogen and oxygen atoms in total. The molecule has 2 aromatic carbocycles. The van der Waals surface area contributed by atoms with Crippen molar-refractivity contribution < 1.29 is 36.6 Å². The van der Waals surface area contributed by atoms with Gasteiger partial charge in [-0.1, -0.05) is 6.07 Å². The van der Waals surface area contributed by atoms with E-state index in [9.17, 15) is 27.2 Å². The highest BCUT2D eigenvalue weighted by Crippen LogP contribution is 2.30. The van der Waals surface area contributed by atoms with E-state index in [0.717, 1.165) is 12.1 Å². The largest absolute Gasteiger partial charge is 0.490 e. The Balaban J connectivity index is 1.97. The Morgan fingerprint density at radius 3 is 2.33 bits per heavy atom. The molecule has 0 saturated carbocycles. The van der Waals surface area contributed by atoms with Gasteiger partial charge in [0.1, 0.15) is 11.6 Å². The number of likely N-dealkylation sites (N-methyl/N-ethyl adjacent to an activating group) is 1. The molecule has 0 spiro atoms. The van der Waals surface area contributed by atoms with E-state index >= 15 is 0 Å². The zero-order chi connectivity index (χ0) is 22.3. The second kappa shape index (κ2) is 10.5. The Morgan fingerprint density at radius 1 is 1.07 bits per heavy atom. The predicted molar refractivity (Wildman–Crippen MR) is 99.4 cm³/mol. The summed E-state index contributed by atoms with van der Waals surface area (Å²) in [5.41, 5.74) is 0.327. The van der Waals surface area contributed by atoms with Crippen molar-refractivity contribution in [3.05, 3.63) is 59.2 Å². The van der Waals surface area contributed by atoms with Crippen LogP contribution in [-0.2, 0) is 11.3 Å². The fourth-order valence-electron chi connectivity index (χ4n) is 2.55. The zero-order valence-electron chi connectivity index (χ0n) is 16.3. The summed E-state index contributed by atoms with van der Waals surface area (Å²) < 4.78 is 61.0. The first-order valence-corrected chi connectivity index (χ1v) is 8.88. The molecular weight excluding hydrogens is 408 g/mol. The van der Waals surface area contributed by atoms with Crippen LogP contribution in [0, 0.1) is 11.6 Å². The van der Waals surface area contributed by atoms with Crippen LogP contribution in [0.2, 0.25) is 0 Å². The molecule has 10 heteroatoms. The van der Waals surface area contributed by atoms with Crippen LogP contribution in [0.15, 0.2) is 36.4 Å². The maximum atomic E-state index is 13.2. The number of benzene rings is 2. The SMILES string of the molecule is CCOc1cc(CN(C)C(=O)CNC(=O)c2cc(F)cc(F)c2)ccc1OC(F)F. The van der Waals surface area contributed by atoms with Crippen molar-refractivity contribution in [2.45, 2.75) is 20.1 Å². The molecule has 0 aliphatic heterocycles. The van der Waals surface area contributed by atoms with E-state index in [1.54, 1.807) is 6.92 Å². The van der Waals surface area contributed by atoms with Gasteiger partial charge in [-0.2, -0.15) is 8.78 Å². The van der Waals surface area contributed by atoms with Gasteiger partial charge in [-0.15, -0.1) is 0 Å². The number of hydrogen-bond acceptors (Lipinski definition) is 4. The van der Waals surface area contributed by atoms with E-state index in [4.69, 9.17) is 4.74 Å². The lowest BCUT2D eigenvalue weighted by Gasteiger charge is -2.19. The zero-order valence-corrected chi connectivity index (χ0v) is 16.3. The Labute approximate surface area is 170 Å². The van der Waals surface area contributed by atoms with Gasteiger partial charge in [0.25, 0.3) is 5.91 Å². The minimum Gasteiger partial charge on any atom is -0.490 e. The lowest BCUT2D eigenvalue weighted by Crippen LogP contribution is -2.37. The number of nitrogens with zero attached hydrogens (tertiary/aromatic N) is 1. The second-order valence-electron chi connectivity index (χ2n) is 6.18. The number of rotatable bonds is 9. The maximum absolute atomic E-state index is 13.2. The molecule has 0 atom stereocenters. The van der Waals surface area contributed by atoms with Gasteiger partial charge in [0.2, 0.25) is 5.91 Å². The topological polar surface area (TPSA) is 67.9 Å². The number of halogens is 4. The van der Waals surface area contributed by atoms with Gasteiger partial charge in [-0.05, 0) is 36.8 Å². The minimum absolute atomic E-state index is 0.0956. The average molecular weight is 428 g/mol. The van der Waals surface area contributed by atoms with Crippen LogP contribution in [0.3, 0.4) is 0 Å². The van der Waals surface area contributed by atoms with Gasteiger partial charge in [0.05, 0.1) is 13.2 Å². The Hall–Kier alpha value is -3.30. The maximum Gasteiger partial charge on any atom is 0.387 e. The molecular formula is C20H20F4N2O4. The van der Waals surface area contributed by atoms with E-state index in [-0.39, 0.29) is 30.2 Å². The molecule has 30 heavy (non-hydrogen) atoms. The number of amides is 2. The van der Waals surface area contributed by atoms with Crippen molar-refractivity contribution in [2.75, 3.05) is 20.2 Å². The van der Waals surface area contributed by atoms with Crippen molar-refractivity contribution in [3.8, 4) is 11.5 Å². The summed E-state index contributed by atoms with van der Waals surface area (Å²) in [6.45, 7) is -1.41. The van der Waals surface area contributed by atoms with Crippen LogP contribution in [0.1, 0.15) is 22.8 Å². The van der Waals surface area contributed by atoms with Crippen molar-refractivity contribution in [2.24, 2.45) is 0 Å². The monoisotopic (exact) mass is 428 g/mol. The van der Waals surface area contributed by atoms with Gasteiger partial charge in [0.15, 0.2) is 11.5 Å². The van der Waals surface area contributed by atoms with Crippen molar-refractivity contribution in [1.29, 1.82) is 0 Å². The summed E-state index contributed by atoms with van der Waals surface area (Å²) in [6, 6.07) is 6.61. The summed E-state index contributed by atoms with van der Waals surface area (Å²) in [4.78, 5) is 25.5. The van der Waals surface area contributed by atoms with E-state index in [2.05, 4.69) is 10.1 Å². The van der Waals surface area contributed by atoms with Gasteiger partial charge in [-0.3, -0.25) is 9.59 Å². The van der Waals surface area contributed by atoms with Crippen molar-refractivity contribution in [3.63, 3.8) is 0 Å². The average Bonchev–Trinajstić information content (AvgIpc) is 2.66. The Bertz CT molecular complexity index is 888. The van der Waals surface area contributed by atoms with Crippen LogP contribution >= 0.6 is 0 Å². The van der Waals surface area contributed by atoms with Crippen LogP contribution in [-0.4, -0.2) is 43.5 Å². The number of ether oxygens (including phenoxy) is 2. The summed E-state index contributed by atoms with van der Waals surface area (Å²) >= 11 is 0. The molecule has 0 heterocycles. The number of hydrogen-bond donors (Lipinski definition) is 1. The number of carbonyl (C=O) groups is 2. The molecule has 0 saturated heterocycles. The Morgan fingerprint density at radius 2 is 1.73 bits per heavy atom. The molecule has 2 amide bonds. The second-order valence-corrected chi connectivity index (χ2v) is 6.18. The number of alkyl halides is 2. The molecule has 0 unspecified atom stereocenters. The third-order valence-corrected chi connectivity index (χ3v) is 3.89. The number of nitrogens with one attached hydrogen (secondary N) is 1. The fraction of sp³-hybridized carbons (Fsp3) is 0.300. The van der Waals surface area contributed by atoms with Gasteiger partial charge in [0, 0.05) is 25.2 Å². The van der Waals surface area contributed by atoms with E-state index < -0.39 is 36.6 Å². The lowest BCUT2D eigenvalue weighted by molar-refractivity contribution is -0.129. The molecule has 0 radical (unpaired) electrons. The molecule has 0 fully saturated rings. The Kier molecular flexibility index (Phi) is 8.02. The van der Waals surface area contributed by atoms with E-state index in [1.165, 1.54) is 30.1 Å². The third-order valence-electron chi connectivity index (χ3n) is 3.89. The van der Waals surface area contributed by atoms with Crippen LogP contribution in [0.5, 0.6) is 11.5 Å². The quantitative estimate of drug-likeness (QED) is 0.622.